The molecule has 1 atom stereocenters. The first-order valence-electron chi connectivity index (χ1n) is 8.89. The van der Waals surface area contributed by atoms with Crippen LogP contribution >= 0.6 is 11.8 Å². The Morgan fingerprint density at radius 2 is 1.93 bits per heavy atom. The zero-order valence-corrected chi connectivity index (χ0v) is 17.5. The van der Waals surface area contributed by atoms with Crippen LogP contribution in [-0.2, 0) is 14.8 Å². The molecule has 1 heterocycles. The summed E-state index contributed by atoms with van der Waals surface area (Å²) in [6.07, 6.45) is 0. The summed E-state index contributed by atoms with van der Waals surface area (Å²) in [4.78, 5) is 21.6. The number of primary sulfonamides is 1. The molecule has 0 fully saturated rings. The fourth-order valence-corrected chi connectivity index (χ4v) is 3.95. The average molecular weight is 432 g/mol. The molecule has 1 aromatic heterocycles. The number of fused-ring (bicyclic) bond motifs is 1. The molecule has 0 radical (unpaired) electrons. The van der Waals surface area contributed by atoms with Gasteiger partial charge >= 0.3 is 0 Å². The van der Waals surface area contributed by atoms with Crippen LogP contribution in [0, 0.1) is 0 Å². The minimum absolute atomic E-state index is 0.0660. The first kappa shape index (κ1) is 21.0. The van der Waals surface area contributed by atoms with E-state index in [4.69, 9.17) is 5.14 Å². The number of nitrogens with zero attached hydrogens (tertiary/aromatic N) is 2. The van der Waals surface area contributed by atoms with Crippen LogP contribution in [0.2, 0.25) is 0 Å². The number of para-hydroxylation sites is 1. The highest BCUT2D eigenvalue weighted by atomic mass is 32.2. The predicted octanol–water partition coefficient (Wildman–Crippen LogP) is 2.83. The van der Waals surface area contributed by atoms with Crippen LogP contribution in [0.5, 0.6) is 0 Å². The third kappa shape index (κ3) is 5.22. The van der Waals surface area contributed by atoms with Crippen molar-refractivity contribution in [1.82, 2.24) is 9.97 Å². The molecule has 0 saturated heterocycles. The van der Waals surface area contributed by atoms with E-state index in [-0.39, 0.29) is 10.8 Å². The van der Waals surface area contributed by atoms with Crippen LogP contribution in [-0.4, -0.2) is 36.1 Å². The average Bonchev–Trinajstić information content (AvgIpc) is 2.68. The molecule has 0 saturated carbocycles. The summed E-state index contributed by atoms with van der Waals surface area (Å²) in [5.41, 5.74) is 1.14. The van der Waals surface area contributed by atoms with Gasteiger partial charge in [0.05, 0.1) is 15.7 Å². The van der Waals surface area contributed by atoms with Crippen molar-refractivity contribution in [2.75, 3.05) is 17.2 Å². The molecule has 0 bridgehead atoms. The highest BCUT2D eigenvalue weighted by Gasteiger charge is 2.18. The van der Waals surface area contributed by atoms with Gasteiger partial charge in [-0.05, 0) is 44.2 Å². The number of nitrogens with two attached hydrogens (primary N) is 1. The number of hydrogen-bond acceptors (Lipinski definition) is 7. The van der Waals surface area contributed by atoms with Crippen LogP contribution in [0.3, 0.4) is 0 Å². The standard InChI is InChI=1S/C19H21N5O3S2/c1-3-21-17-15-9-4-5-10-16(15)23-19(24-17)28-12(2)18(25)22-13-7-6-8-14(11-13)29(20,26)27/h4-12H,3H2,1-2H3,(H,22,25)(H2,20,26,27)(H,21,23,24). The molecule has 2 aromatic carbocycles. The molecule has 4 N–H and O–H groups in total. The molecule has 3 rings (SSSR count). The van der Waals surface area contributed by atoms with E-state index in [9.17, 15) is 13.2 Å². The smallest absolute Gasteiger partial charge is 0.238 e. The summed E-state index contributed by atoms with van der Waals surface area (Å²) in [5, 5.41) is 11.9. The quantitative estimate of drug-likeness (QED) is 0.388. The molecule has 1 amide bonds. The maximum absolute atomic E-state index is 12.6. The maximum atomic E-state index is 12.6. The molecule has 3 aromatic rings. The number of hydrogen-bond donors (Lipinski definition) is 3. The lowest BCUT2D eigenvalue weighted by atomic mass is 10.2. The Bertz CT molecular complexity index is 1150. The second-order valence-electron chi connectivity index (χ2n) is 6.22. The van der Waals surface area contributed by atoms with E-state index in [2.05, 4.69) is 20.6 Å². The lowest BCUT2D eigenvalue weighted by Gasteiger charge is -2.13. The van der Waals surface area contributed by atoms with E-state index in [1.807, 2.05) is 31.2 Å². The van der Waals surface area contributed by atoms with Crippen LogP contribution in [0.25, 0.3) is 10.9 Å². The van der Waals surface area contributed by atoms with E-state index >= 15 is 0 Å². The summed E-state index contributed by atoms with van der Waals surface area (Å²) in [6, 6.07) is 13.5. The van der Waals surface area contributed by atoms with Gasteiger partial charge < -0.3 is 10.6 Å². The zero-order valence-electron chi connectivity index (χ0n) is 15.9. The number of amides is 1. The zero-order chi connectivity index (χ0) is 21.0. The summed E-state index contributed by atoms with van der Waals surface area (Å²) >= 11 is 1.22. The van der Waals surface area contributed by atoms with Crippen LogP contribution in [0.1, 0.15) is 13.8 Å². The van der Waals surface area contributed by atoms with E-state index in [0.29, 0.717) is 23.2 Å². The van der Waals surface area contributed by atoms with Crippen molar-refractivity contribution < 1.29 is 13.2 Å². The Balaban J connectivity index is 1.78. The van der Waals surface area contributed by atoms with Gasteiger partial charge in [-0.2, -0.15) is 0 Å². The summed E-state index contributed by atoms with van der Waals surface area (Å²) in [7, 11) is -3.84. The molecule has 152 valence electrons. The minimum atomic E-state index is -3.84. The third-order valence-electron chi connectivity index (χ3n) is 4.01. The third-order valence-corrected chi connectivity index (χ3v) is 5.88. The lowest BCUT2D eigenvalue weighted by molar-refractivity contribution is -0.115. The van der Waals surface area contributed by atoms with Crippen molar-refractivity contribution >= 4 is 50.1 Å². The van der Waals surface area contributed by atoms with E-state index in [1.54, 1.807) is 13.0 Å². The highest BCUT2D eigenvalue weighted by molar-refractivity contribution is 8.00. The van der Waals surface area contributed by atoms with Crippen LogP contribution in [0.4, 0.5) is 11.5 Å². The van der Waals surface area contributed by atoms with Gasteiger partial charge in [0.2, 0.25) is 15.9 Å². The van der Waals surface area contributed by atoms with E-state index in [1.165, 1.54) is 30.0 Å². The fraction of sp³-hybridized carbons (Fsp3) is 0.211. The van der Waals surface area contributed by atoms with Crippen molar-refractivity contribution in [2.45, 2.75) is 29.1 Å². The normalized spacial score (nSPS) is 12.5. The number of carbonyl (C=O) groups is 1. The molecule has 1 unspecified atom stereocenters. The van der Waals surface area contributed by atoms with Crippen LogP contribution < -0.4 is 15.8 Å². The number of carbonyl (C=O) groups excluding carboxylic acids is 1. The SMILES string of the molecule is CCNc1nc(SC(C)C(=O)Nc2cccc(S(N)(=O)=O)c2)nc2ccccc12. The second kappa shape index (κ2) is 8.76. The van der Waals surface area contributed by atoms with Gasteiger partial charge in [-0.25, -0.2) is 23.5 Å². The number of nitrogens with one attached hydrogen (secondary N) is 2. The van der Waals surface area contributed by atoms with Crippen molar-refractivity contribution in [3.63, 3.8) is 0 Å². The van der Waals surface area contributed by atoms with Gasteiger partial charge in [0, 0.05) is 17.6 Å². The Hall–Kier alpha value is -2.69. The molecule has 0 spiro atoms. The number of rotatable bonds is 7. The summed E-state index contributed by atoms with van der Waals surface area (Å²) < 4.78 is 23.0. The first-order valence-corrected chi connectivity index (χ1v) is 11.3. The number of sulfonamides is 1. The van der Waals surface area contributed by atoms with Crippen molar-refractivity contribution in [3.8, 4) is 0 Å². The number of aromatic nitrogens is 2. The molecule has 8 nitrogen and oxygen atoms in total. The first-order chi connectivity index (χ1) is 13.8. The Morgan fingerprint density at radius 3 is 2.66 bits per heavy atom. The topological polar surface area (TPSA) is 127 Å². The van der Waals surface area contributed by atoms with Crippen molar-refractivity contribution in [2.24, 2.45) is 5.14 Å². The number of thioether (sulfide) groups is 1. The molecule has 0 aliphatic carbocycles. The molecule has 10 heteroatoms. The van der Waals surface area contributed by atoms with Crippen molar-refractivity contribution in [1.29, 1.82) is 0 Å². The van der Waals surface area contributed by atoms with Gasteiger partial charge in [0.25, 0.3) is 0 Å². The maximum Gasteiger partial charge on any atom is 0.238 e. The van der Waals surface area contributed by atoms with Crippen LogP contribution in [0.15, 0.2) is 58.6 Å². The molecule has 29 heavy (non-hydrogen) atoms. The van der Waals surface area contributed by atoms with Gasteiger partial charge in [-0.3, -0.25) is 4.79 Å². The largest absolute Gasteiger partial charge is 0.370 e. The Kier molecular flexibility index (Phi) is 6.36. The molecular weight excluding hydrogens is 410 g/mol. The molecule has 0 aliphatic rings. The molecular formula is C19H21N5O3S2. The predicted molar refractivity (Wildman–Crippen MR) is 115 cm³/mol. The fourth-order valence-electron chi connectivity index (χ4n) is 2.62. The van der Waals surface area contributed by atoms with E-state index < -0.39 is 15.3 Å². The minimum Gasteiger partial charge on any atom is -0.370 e. The second-order valence-corrected chi connectivity index (χ2v) is 9.09. The monoisotopic (exact) mass is 431 g/mol. The van der Waals surface area contributed by atoms with E-state index in [0.717, 1.165) is 10.9 Å². The molecule has 0 aliphatic heterocycles. The summed E-state index contributed by atoms with van der Waals surface area (Å²) in [6.45, 7) is 4.42. The van der Waals surface area contributed by atoms with Gasteiger partial charge in [0.1, 0.15) is 5.82 Å². The van der Waals surface area contributed by atoms with Gasteiger partial charge in [-0.15, -0.1) is 0 Å². The highest BCUT2D eigenvalue weighted by Crippen LogP contribution is 2.27. The van der Waals surface area contributed by atoms with Gasteiger partial charge in [-0.1, -0.05) is 30.0 Å². The Labute approximate surface area is 173 Å². The Morgan fingerprint density at radius 1 is 1.17 bits per heavy atom. The number of anilines is 2. The number of benzene rings is 2. The lowest BCUT2D eigenvalue weighted by Crippen LogP contribution is -2.23. The van der Waals surface area contributed by atoms with Crippen molar-refractivity contribution in [3.05, 3.63) is 48.5 Å². The van der Waals surface area contributed by atoms with Gasteiger partial charge in [0.15, 0.2) is 5.16 Å². The summed E-state index contributed by atoms with van der Waals surface area (Å²) in [5.74, 6) is 0.414.